The lowest BCUT2D eigenvalue weighted by Gasteiger charge is -2.35. The maximum atomic E-state index is 12.4. The molecule has 6 heteroatoms. The normalized spacial score (nSPS) is 18.2. The summed E-state index contributed by atoms with van der Waals surface area (Å²) in [6.07, 6.45) is 5.51. The highest BCUT2D eigenvalue weighted by atomic mass is 35.5. The van der Waals surface area contributed by atoms with Crippen molar-refractivity contribution in [2.45, 2.75) is 32.7 Å². The van der Waals surface area contributed by atoms with Gasteiger partial charge < -0.3 is 4.90 Å². The van der Waals surface area contributed by atoms with Crippen LogP contribution in [0.2, 0.25) is 0 Å². The van der Waals surface area contributed by atoms with Crippen molar-refractivity contribution in [2.24, 2.45) is 4.99 Å². The number of carbonyl (C=O) groups is 1. The van der Waals surface area contributed by atoms with E-state index in [0.29, 0.717) is 0 Å². The number of benzene rings is 2. The van der Waals surface area contributed by atoms with Crippen LogP contribution in [-0.4, -0.2) is 47.1 Å². The van der Waals surface area contributed by atoms with Gasteiger partial charge in [-0.1, -0.05) is 67.9 Å². The second-order valence-electron chi connectivity index (χ2n) is 7.90. The maximum absolute atomic E-state index is 12.4. The van der Waals surface area contributed by atoms with E-state index in [1.165, 1.54) is 35.7 Å². The average molecular weight is 456 g/mol. The van der Waals surface area contributed by atoms with Crippen LogP contribution in [0.25, 0.3) is 6.08 Å². The summed E-state index contributed by atoms with van der Waals surface area (Å²) >= 11 is 1.51. The molecule has 0 aromatic heterocycles. The molecule has 2 aliphatic heterocycles. The maximum Gasteiger partial charge on any atom is 0.286 e. The first-order valence-corrected chi connectivity index (χ1v) is 11.7. The zero-order chi connectivity index (χ0) is 20.8. The minimum absolute atomic E-state index is 0. The largest absolute Gasteiger partial charge is 0.348 e. The molecule has 2 aromatic rings. The molecule has 164 valence electrons. The fraction of sp³-hybridized carbons (Fsp3) is 0.360. The standard InChI is InChI=1S/C25H29N3OS.ClH/c1-2-3-7-20-10-12-21(13-11-20)18-23-24(29)26-25(30-23)28-16-14-27(15-17-28)19-22-8-5-4-6-9-22;/h4-6,8-13,18H,2-3,7,14-17,19H2,1H3;1H/b23-18-;. The Morgan fingerprint density at radius 3 is 2.35 bits per heavy atom. The number of piperazine rings is 1. The number of halogens is 1. The summed E-state index contributed by atoms with van der Waals surface area (Å²) in [4.78, 5) is 22.2. The summed E-state index contributed by atoms with van der Waals surface area (Å²) in [6.45, 7) is 6.98. The van der Waals surface area contributed by atoms with E-state index < -0.39 is 0 Å². The Morgan fingerprint density at radius 2 is 1.68 bits per heavy atom. The van der Waals surface area contributed by atoms with Crippen LogP contribution in [0.3, 0.4) is 0 Å². The summed E-state index contributed by atoms with van der Waals surface area (Å²) in [5.41, 5.74) is 3.77. The van der Waals surface area contributed by atoms with Crippen LogP contribution in [-0.2, 0) is 17.8 Å². The number of amides is 1. The molecule has 0 radical (unpaired) electrons. The van der Waals surface area contributed by atoms with Gasteiger partial charge in [-0.3, -0.25) is 9.69 Å². The lowest BCUT2D eigenvalue weighted by atomic mass is 10.1. The molecule has 31 heavy (non-hydrogen) atoms. The van der Waals surface area contributed by atoms with Crippen LogP contribution in [0.1, 0.15) is 36.5 Å². The smallest absolute Gasteiger partial charge is 0.286 e. The summed E-state index contributed by atoms with van der Waals surface area (Å²) in [7, 11) is 0. The van der Waals surface area contributed by atoms with Gasteiger partial charge in [0, 0.05) is 32.7 Å². The van der Waals surface area contributed by atoms with E-state index in [1.807, 2.05) is 6.08 Å². The highest BCUT2D eigenvalue weighted by molar-refractivity contribution is 8.18. The van der Waals surface area contributed by atoms with Gasteiger partial charge in [-0.2, -0.15) is 4.99 Å². The lowest BCUT2D eigenvalue weighted by Crippen LogP contribution is -2.47. The van der Waals surface area contributed by atoms with Gasteiger partial charge in [-0.05, 0) is 47.4 Å². The van der Waals surface area contributed by atoms with Crippen LogP contribution in [0.15, 0.2) is 64.5 Å². The molecule has 1 fully saturated rings. The lowest BCUT2D eigenvalue weighted by molar-refractivity contribution is -0.113. The second-order valence-corrected chi connectivity index (χ2v) is 8.91. The molecule has 0 unspecified atom stereocenters. The summed E-state index contributed by atoms with van der Waals surface area (Å²) < 4.78 is 0. The zero-order valence-corrected chi connectivity index (χ0v) is 19.6. The van der Waals surface area contributed by atoms with E-state index in [1.54, 1.807) is 0 Å². The van der Waals surface area contributed by atoms with Crippen molar-refractivity contribution < 1.29 is 4.79 Å². The van der Waals surface area contributed by atoms with E-state index in [2.05, 4.69) is 76.3 Å². The monoisotopic (exact) mass is 455 g/mol. The Morgan fingerprint density at radius 1 is 0.968 bits per heavy atom. The first-order chi connectivity index (χ1) is 14.7. The Balaban J connectivity index is 0.00000272. The molecule has 0 N–H and O–H groups in total. The molecule has 0 atom stereocenters. The number of hydrogen-bond donors (Lipinski definition) is 0. The van der Waals surface area contributed by atoms with E-state index in [9.17, 15) is 4.79 Å². The topological polar surface area (TPSA) is 35.9 Å². The van der Waals surface area contributed by atoms with Crippen LogP contribution >= 0.6 is 24.2 Å². The highest BCUT2D eigenvalue weighted by Crippen LogP contribution is 2.30. The van der Waals surface area contributed by atoms with Gasteiger partial charge in [0.2, 0.25) is 0 Å². The van der Waals surface area contributed by atoms with Crippen molar-refractivity contribution in [1.29, 1.82) is 0 Å². The molecule has 0 aliphatic carbocycles. The molecule has 0 bridgehead atoms. The van der Waals surface area contributed by atoms with Crippen LogP contribution < -0.4 is 0 Å². The molecule has 1 saturated heterocycles. The van der Waals surface area contributed by atoms with Gasteiger partial charge in [-0.15, -0.1) is 12.4 Å². The van der Waals surface area contributed by atoms with Crippen molar-refractivity contribution in [3.05, 3.63) is 76.2 Å². The Hall–Kier alpha value is -2.08. The summed E-state index contributed by atoms with van der Waals surface area (Å²) in [6, 6.07) is 19.1. The fourth-order valence-corrected chi connectivity index (χ4v) is 4.75. The molecule has 0 spiro atoms. The number of carbonyl (C=O) groups excluding carboxylic acids is 1. The van der Waals surface area contributed by atoms with Crippen LogP contribution in [0.4, 0.5) is 0 Å². The molecule has 0 saturated carbocycles. The van der Waals surface area contributed by atoms with Crippen molar-refractivity contribution in [3.63, 3.8) is 0 Å². The quantitative estimate of drug-likeness (QED) is 0.558. The predicted octanol–water partition coefficient (Wildman–Crippen LogP) is 5.24. The number of rotatable bonds is 6. The van der Waals surface area contributed by atoms with Crippen molar-refractivity contribution in [3.8, 4) is 0 Å². The minimum atomic E-state index is -0.114. The third-order valence-corrected chi connectivity index (χ3v) is 6.64. The van der Waals surface area contributed by atoms with Gasteiger partial charge in [0.1, 0.15) is 0 Å². The zero-order valence-electron chi connectivity index (χ0n) is 18.0. The molecule has 1 amide bonds. The molecule has 2 aliphatic rings. The first-order valence-electron chi connectivity index (χ1n) is 10.8. The number of amidine groups is 1. The molecule has 4 rings (SSSR count). The highest BCUT2D eigenvalue weighted by Gasteiger charge is 2.28. The number of thioether (sulfide) groups is 1. The predicted molar refractivity (Wildman–Crippen MR) is 134 cm³/mol. The molecule has 4 nitrogen and oxygen atoms in total. The van der Waals surface area contributed by atoms with Crippen LogP contribution in [0, 0.1) is 0 Å². The van der Waals surface area contributed by atoms with E-state index in [4.69, 9.17) is 0 Å². The fourth-order valence-electron chi connectivity index (χ4n) is 3.78. The van der Waals surface area contributed by atoms with Crippen LogP contribution in [0.5, 0.6) is 0 Å². The molecular formula is C25H30ClN3OS. The Bertz CT molecular complexity index is 920. The number of hydrogen-bond acceptors (Lipinski definition) is 4. The third-order valence-electron chi connectivity index (χ3n) is 5.60. The molecule has 2 heterocycles. The second kappa shape index (κ2) is 11.5. The van der Waals surface area contributed by atoms with E-state index >= 15 is 0 Å². The summed E-state index contributed by atoms with van der Waals surface area (Å²) in [5.74, 6) is -0.114. The van der Waals surface area contributed by atoms with Crippen molar-refractivity contribution in [2.75, 3.05) is 26.2 Å². The minimum Gasteiger partial charge on any atom is -0.348 e. The van der Waals surface area contributed by atoms with Crippen molar-refractivity contribution >= 4 is 41.3 Å². The number of aryl methyl sites for hydroxylation is 1. The van der Waals surface area contributed by atoms with Gasteiger partial charge in [0.25, 0.3) is 5.91 Å². The SMILES string of the molecule is CCCCc1ccc(/C=C2\SC(N3CCN(Cc4ccccc4)CC3)=NC2=O)cc1.Cl. The first kappa shape index (κ1) is 23.6. The van der Waals surface area contributed by atoms with Gasteiger partial charge in [-0.25, -0.2) is 0 Å². The number of aliphatic imine (C=N–C) groups is 1. The van der Waals surface area contributed by atoms with Gasteiger partial charge in [0.15, 0.2) is 5.17 Å². The average Bonchev–Trinajstić information content (AvgIpc) is 3.14. The number of unbranched alkanes of at least 4 members (excludes halogenated alkanes) is 1. The van der Waals surface area contributed by atoms with Gasteiger partial charge in [0.05, 0.1) is 4.91 Å². The van der Waals surface area contributed by atoms with E-state index in [0.717, 1.165) is 54.8 Å². The summed E-state index contributed by atoms with van der Waals surface area (Å²) in [5, 5.41) is 0.852. The van der Waals surface area contributed by atoms with E-state index in [-0.39, 0.29) is 18.3 Å². The van der Waals surface area contributed by atoms with Gasteiger partial charge >= 0.3 is 0 Å². The molecular weight excluding hydrogens is 426 g/mol. The Kier molecular flexibility index (Phi) is 8.76. The third kappa shape index (κ3) is 6.45. The Labute approximate surface area is 195 Å². The number of nitrogens with zero attached hydrogens (tertiary/aromatic N) is 3. The molecule has 2 aromatic carbocycles. The van der Waals surface area contributed by atoms with Crippen molar-refractivity contribution in [1.82, 2.24) is 9.80 Å².